The van der Waals surface area contributed by atoms with Crippen LogP contribution in [0.2, 0.25) is 10.0 Å². The van der Waals surface area contributed by atoms with Crippen molar-refractivity contribution in [3.8, 4) is 0 Å². The Balaban J connectivity index is 1.85. The van der Waals surface area contributed by atoms with Crippen molar-refractivity contribution in [3.05, 3.63) is 33.8 Å². The minimum absolute atomic E-state index is 0.0730. The first-order chi connectivity index (χ1) is 10.1. The van der Waals surface area contributed by atoms with Gasteiger partial charge < -0.3 is 14.8 Å². The van der Waals surface area contributed by atoms with E-state index in [9.17, 15) is 0 Å². The van der Waals surface area contributed by atoms with Gasteiger partial charge in [-0.25, -0.2) is 0 Å². The van der Waals surface area contributed by atoms with Crippen LogP contribution in [-0.2, 0) is 14.9 Å². The number of ether oxygens (including phenoxy) is 2. The molecule has 1 saturated carbocycles. The second kappa shape index (κ2) is 6.05. The number of benzene rings is 1. The molecule has 0 unspecified atom stereocenters. The van der Waals surface area contributed by atoms with E-state index in [0.29, 0.717) is 23.3 Å². The van der Waals surface area contributed by atoms with Crippen molar-refractivity contribution in [1.29, 1.82) is 0 Å². The molecule has 116 valence electrons. The first kappa shape index (κ1) is 15.6. The molecular formula is C16H21Cl2NO2. The van der Waals surface area contributed by atoms with Gasteiger partial charge in [0, 0.05) is 24.8 Å². The second-order valence-corrected chi connectivity index (χ2v) is 6.86. The smallest absolute Gasteiger partial charge is 0.168 e. The maximum absolute atomic E-state index is 6.21. The lowest BCUT2D eigenvalue weighted by molar-refractivity contribution is -0.185. The van der Waals surface area contributed by atoms with Gasteiger partial charge in [-0.2, -0.15) is 0 Å². The summed E-state index contributed by atoms with van der Waals surface area (Å²) in [4.78, 5) is 0. The third-order valence-corrected chi connectivity index (χ3v) is 5.57. The number of likely N-dealkylation sites (N-methyl/N-ethyl adjacent to an activating group) is 1. The fourth-order valence-corrected chi connectivity index (χ4v) is 3.93. The van der Waals surface area contributed by atoms with Gasteiger partial charge in [0.05, 0.1) is 23.3 Å². The maximum atomic E-state index is 6.21. The quantitative estimate of drug-likeness (QED) is 0.915. The lowest BCUT2D eigenvalue weighted by atomic mass is 9.67. The van der Waals surface area contributed by atoms with Crippen molar-refractivity contribution in [1.82, 2.24) is 5.32 Å². The van der Waals surface area contributed by atoms with Crippen LogP contribution in [0.15, 0.2) is 18.2 Å². The molecule has 1 saturated heterocycles. The van der Waals surface area contributed by atoms with Gasteiger partial charge in [-0.1, -0.05) is 29.3 Å². The van der Waals surface area contributed by atoms with E-state index >= 15 is 0 Å². The molecule has 0 aromatic heterocycles. The van der Waals surface area contributed by atoms with Crippen LogP contribution in [0.4, 0.5) is 0 Å². The Bertz CT molecular complexity index is 505. The van der Waals surface area contributed by atoms with Gasteiger partial charge in [0.25, 0.3) is 0 Å². The highest BCUT2D eigenvalue weighted by molar-refractivity contribution is 6.42. The molecule has 0 bridgehead atoms. The normalized spacial score (nSPS) is 23.6. The van der Waals surface area contributed by atoms with Crippen LogP contribution in [0.1, 0.15) is 31.2 Å². The van der Waals surface area contributed by atoms with E-state index in [1.54, 1.807) is 0 Å². The Hall–Kier alpha value is -0.320. The standard InChI is InChI=1S/C16H21Cl2NO2/c1-19-11-15(12-2-3-13(17)14(18)10-12)4-6-16(7-5-15)20-8-9-21-16/h2-3,10,19H,4-9,11H2,1H3. The summed E-state index contributed by atoms with van der Waals surface area (Å²) in [5.74, 6) is -0.340. The van der Waals surface area contributed by atoms with Crippen molar-refractivity contribution in [2.24, 2.45) is 0 Å². The van der Waals surface area contributed by atoms with E-state index in [1.807, 2.05) is 19.2 Å². The molecule has 21 heavy (non-hydrogen) atoms. The molecule has 3 rings (SSSR count). The molecule has 0 radical (unpaired) electrons. The van der Waals surface area contributed by atoms with Crippen LogP contribution in [0.25, 0.3) is 0 Å². The Labute approximate surface area is 135 Å². The monoisotopic (exact) mass is 329 g/mol. The average Bonchev–Trinajstić information content (AvgIpc) is 2.94. The summed E-state index contributed by atoms with van der Waals surface area (Å²) in [6.45, 7) is 2.35. The van der Waals surface area contributed by atoms with E-state index in [-0.39, 0.29) is 11.2 Å². The SMILES string of the molecule is CNCC1(c2ccc(Cl)c(Cl)c2)CCC2(CC1)OCCO2. The molecule has 0 atom stereocenters. The molecule has 1 aliphatic carbocycles. The van der Waals surface area contributed by atoms with Crippen molar-refractivity contribution in [2.45, 2.75) is 36.9 Å². The summed E-state index contributed by atoms with van der Waals surface area (Å²) in [6, 6.07) is 6.00. The van der Waals surface area contributed by atoms with Crippen LogP contribution >= 0.6 is 23.2 Å². The highest BCUT2D eigenvalue weighted by Crippen LogP contribution is 2.46. The van der Waals surface area contributed by atoms with Crippen LogP contribution in [0, 0.1) is 0 Å². The third kappa shape index (κ3) is 2.95. The second-order valence-electron chi connectivity index (χ2n) is 6.05. The number of halogens is 2. The summed E-state index contributed by atoms with van der Waals surface area (Å²) >= 11 is 12.3. The van der Waals surface area contributed by atoms with Crippen LogP contribution < -0.4 is 5.32 Å². The summed E-state index contributed by atoms with van der Waals surface area (Å²) in [5.41, 5.74) is 1.32. The first-order valence-electron chi connectivity index (χ1n) is 7.47. The van der Waals surface area contributed by atoms with Gasteiger partial charge in [0.15, 0.2) is 5.79 Å². The summed E-state index contributed by atoms with van der Waals surface area (Å²) in [5, 5.41) is 4.56. The number of hydrogen-bond donors (Lipinski definition) is 1. The van der Waals surface area contributed by atoms with Crippen LogP contribution in [-0.4, -0.2) is 32.6 Å². The van der Waals surface area contributed by atoms with E-state index in [2.05, 4.69) is 11.4 Å². The van der Waals surface area contributed by atoms with Crippen LogP contribution in [0.5, 0.6) is 0 Å². The number of hydrogen-bond acceptors (Lipinski definition) is 3. The van der Waals surface area contributed by atoms with Crippen molar-refractivity contribution < 1.29 is 9.47 Å². The molecule has 3 nitrogen and oxygen atoms in total. The summed E-state index contributed by atoms with van der Waals surface area (Å²) < 4.78 is 11.7. The molecule has 1 aromatic carbocycles. The topological polar surface area (TPSA) is 30.5 Å². The van der Waals surface area contributed by atoms with Gasteiger partial charge in [-0.15, -0.1) is 0 Å². The van der Waals surface area contributed by atoms with Crippen molar-refractivity contribution in [3.63, 3.8) is 0 Å². The fraction of sp³-hybridized carbons (Fsp3) is 0.625. The molecule has 5 heteroatoms. The van der Waals surface area contributed by atoms with E-state index in [1.165, 1.54) is 5.56 Å². The Morgan fingerprint density at radius 1 is 1.05 bits per heavy atom. The molecule has 2 fully saturated rings. The Morgan fingerprint density at radius 3 is 2.29 bits per heavy atom. The minimum atomic E-state index is -0.340. The predicted molar refractivity (Wildman–Crippen MR) is 85.2 cm³/mol. The van der Waals surface area contributed by atoms with E-state index in [0.717, 1.165) is 32.2 Å². The molecule has 1 N–H and O–H groups in total. The van der Waals surface area contributed by atoms with Gasteiger partial charge in [-0.05, 0) is 37.6 Å². The molecule has 1 aromatic rings. The number of nitrogens with one attached hydrogen (secondary N) is 1. The number of rotatable bonds is 3. The maximum Gasteiger partial charge on any atom is 0.168 e. The van der Waals surface area contributed by atoms with E-state index in [4.69, 9.17) is 32.7 Å². The Kier molecular flexibility index (Phi) is 4.49. The molecule has 1 heterocycles. The predicted octanol–water partition coefficient (Wildman–Crippen LogP) is 3.77. The van der Waals surface area contributed by atoms with E-state index < -0.39 is 0 Å². The average molecular weight is 330 g/mol. The van der Waals surface area contributed by atoms with Gasteiger partial charge in [0.2, 0.25) is 0 Å². The van der Waals surface area contributed by atoms with Gasteiger partial charge >= 0.3 is 0 Å². The molecule has 0 amide bonds. The van der Waals surface area contributed by atoms with Gasteiger partial charge in [0.1, 0.15) is 0 Å². The zero-order valence-corrected chi connectivity index (χ0v) is 13.8. The third-order valence-electron chi connectivity index (χ3n) is 4.83. The van der Waals surface area contributed by atoms with Crippen molar-refractivity contribution in [2.75, 3.05) is 26.8 Å². The highest BCUT2D eigenvalue weighted by atomic mass is 35.5. The van der Waals surface area contributed by atoms with Gasteiger partial charge in [-0.3, -0.25) is 0 Å². The zero-order chi connectivity index (χ0) is 14.9. The Morgan fingerprint density at radius 2 is 1.71 bits per heavy atom. The first-order valence-corrected chi connectivity index (χ1v) is 8.23. The van der Waals surface area contributed by atoms with Crippen molar-refractivity contribution >= 4 is 23.2 Å². The van der Waals surface area contributed by atoms with Crippen LogP contribution in [0.3, 0.4) is 0 Å². The largest absolute Gasteiger partial charge is 0.348 e. The summed E-state index contributed by atoms with van der Waals surface area (Å²) in [7, 11) is 1.99. The molecule has 1 spiro atoms. The fourth-order valence-electron chi connectivity index (χ4n) is 3.63. The lowest BCUT2D eigenvalue weighted by Gasteiger charge is -2.44. The molecule has 1 aliphatic heterocycles. The zero-order valence-electron chi connectivity index (χ0n) is 12.3. The molecular weight excluding hydrogens is 309 g/mol. The lowest BCUT2D eigenvalue weighted by Crippen LogP contribution is -2.46. The summed E-state index contributed by atoms with van der Waals surface area (Å²) in [6.07, 6.45) is 3.89. The highest BCUT2D eigenvalue weighted by Gasteiger charge is 2.46. The minimum Gasteiger partial charge on any atom is -0.348 e. The molecule has 2 aliphatic rings.